The Hall–Kier alpha value is -2.23. The van der Waals surface area contributed by atoms with Gasteiger partial charge in [0.25, 0.3) is 5.91 Å². The number of para-hydroxylation sites is 1. The summed E-state index contributed by atoms with van der Waals surface area (Å²) >= 11 is 0. The molecule has 0 bridgehead atoms. The first-order valence-electron chi connectivity index (χ1n) is 7.74. The van der Waals surface area contributed by atoms with Gasteiger partial charge in [-0.3, -0.25) is 4.79 Å². The average Bonchev–Trinajstić information content (AvgIpc) is 2.80. The minimum Gasteiger partial charge on any atom is -0.466 e. The highest BCUT2D eigenvalue weighted by atomic mass is 16.3. The molecule has 2 heterocycles. The monoisotopic (exact) mass is 298 g/mol. The molecule has 1 aliphatic rings. The molecule has 4 nitrogen and oxygen atoms in total. The average molecular weight is 298 g/mol. The van der Waals surface area contributed by atoms with Crippen LogP contribution in [-0.2, 0) is 0 Å². The van der Waals surface area contributed by atoms with E-state index in [1.165, 1.54) is 5.69 Å². The van der Waals surface area contributed by atoms with Crippen LogP contribution in [-0.4, -0.2) is 37.0 Å². The van der Waals surface area contributed by atoms with E-state index in [4.69, 9.17) is 4.42 Å². The van der Waals surface area contributed by atoms with Crippen LogP contribution in [0.3, 0.4) is 0 Å². The van der Waals surface area contributed by atoms with E-state index < -0.39 is 0 Å². The summed E-state index contributed by atoms with van der Waals surface area (Å²) in [7, 11) is 0. The summed E-state index contributed by atoms with van der Waals surface area (Å²) in [5.74, 6) is 1.66. The molecule has 1 aromatic heterocycles. The van der Waals surface area contributed by atoms with Crippen molar-refractivity contribution in [2.45, 2.75) is 20.8 Å². The summed E-state index contributed by atoms with van der Waals surface area (Å²) in [5, 5.41) is 0. The van der Waals surface area contributed by atoms with Crippen LogP contribution in [0.5, 0.6) is 0 Å². The van der Waals surface area contributed by atoms with E-state index in [-0.39, 0.29) is 5.91 Å². The number of hydrogen-bond donors (Lipinski definition) is 0. The van der Waals surface area contributed by atoms with Gasteiger partial charge in [-0.25, -0.2) is 0 Å². The van der Waals surface area contributed by atoms with Gasteiger partial charge in [-0.05, 0) is 32.9 Å². The van der Waals surface area contributed by atoms with E-state index in [0.717, 1.165) is 48.8 Å². The molecule has 2 aromatic rings. The zero-order valence-electron chi connectivity index (χ0n) is 13.4. The largest absolute Gasteiger partial charge is 0.466 e. The Balaban J connectivity index is 1.70. The third-order valence-corrected chi connectivity index (χ3v) is 4.46. The molecule has 0 N–H and O–H groups in total. The first-order chi connectivity index (χ1) is 10.6. The zero-order chi connectivity index (χ0) is 15.7. The van der Waals surface area contributed by atoms with Crippen LogP contribution in [0, 0.1) is 20.8 Å². The van der Waals surface area contributed by atoms with Crippen LogP contribution in [0.4, 0.5) is 5.69 Å². The predicted octanol–water partition coefficient (Wildman–Crippen LogP) is 3.17. The standard InChI is InChI=1S/C18H22N2O2/c1-13-14(2)22-15(3)17(13)18(21)20-11-9-19(10-12-20)16-7-5-4-6-8-16/h4-8H,9-12H2,1-3H3. The summed E-state index contributed by atoms with van der Waals surface area (Å²) in [4.78, 5) is 17.0. The van der Waals surface area contributed by atoms with Gasteiger partial charge in [0.1, 0.15) is 11.5 Å². The Bertz CT molecular complexity index is 668. The SMILES string of the molecule is Cc1oc(C)c(C(=O)N2CCN(c3ccccc3)CC2)c1C. The number of aryl methyl sites for hydroxylation is 2. The summed E-state index contributed by atoms with van der Waals surface area (Å²) < 4.78 is 5.59. The van der Waals surface area contributed by atoms with Crippen LogP contribution >= 0.6 is 0 Å². The maximum Gasteiger partial charge on any atom is 0.257 e. The van der Waals surface area contributed by atoms with Crippen molar-refractivity contribution in [2.75, 3.05) is 31.1 Å². The van der Waals surface area contributed by atoms with E-state index >= 15 is 0 Å². The van der Waals surface area contributed by atoms with Crippen molar-refractivity contribution in [3.05, 3.63) is 53.0 Å². The van der Waals surface area contributed by atoms with Gasteiger partial charge in [-0.1, -0.05) is 18.2 Å². The smallest absolute Gasteiger partial charge is 0.257 e. The Morgan fingerprint density at radius 3 is 2.14 bits per heavy atom. The topological polar surface area (TPSA) is 36.7 Å². The molecule has 1 fully saturated rings. The van der Waals surface area contributed by atoms with Gasteiger partial charge in [-0.15, -0.1) is 0 Å². The highest BCUT2D eigenvalue weighted by Gasteiger charge is 2.26. The maximum atomic E-state index is 12.7. The van der Waals surface area contributed by atoms with Gasteiger partial charge in [0.2, 0.25) is 0 Å². The maximum absolute atomic E-state index is 12.7. The van der Waals surface area contributed by atoms with Gasteiger partial charge < -0.3 is 14.2 Å². The van der Waals surface area contributed by atoms with Crippen LogP contribution in [0.1, 0.15) is 27.4 Å². The van der Waals surface area contributed by atoms with Crippen molar-refractivity contribution in [1.29, 1.82) is 0 Å². The third-order valence-electron chi connectivity index (χ3n) is 4.46. The van der Waals surface area contributed by atoms with Crippen molar-refractivity contribution >= 4 is 11.6 Å². The minimum atomic E-state index is 0.0968. The second-order valence-electron chi connectivity index (χ2n) is 5.83. The number of piperazine rings is 1. The van der Waals surface area contributed by atoms with Gasteiger partial charge >= 0.3 is 0 Å². The summed E-state index contributed by atoms with van der Waals surface area (Å²) in [6, 6.07) is 10.4. The predicted molar refractivity (Wildman–Crippen MR) is 87.5 cm³/mol. The number of benzene rings is 1. The molecule has 0 atom stereocenters. The molecular weight excluding hydrogens is 276 g/mol. The molecule has 1 amide bonds. The second-order valence-corrected chi connectivity index (χ2v) is 5.83. The number of amides is 1. The van der Waals surface area contributed by atoms with Crippen molar-refractivity contribution in [3.63, 3.8) is 0 Å². The van der Waals surface area contributed by atoms with Crippen LogP contribution in [0.15, 0.2) is 34.7 Å². The Morgan fingerprint density at radius 1 is 0.955 bits per heavy atom. The highest BCUT2D eigenvalue weighted by molar-refractivity contribution is 5.97. The number of carbonyl (C=O) groups is 1. The quantitative estimate of drug-likeness (QED) is 0.854. The molecule has 4 heteroatoms. The molecule has 22 heavy (non-hydrogen) atoms. The highest BCUT2D eigenvalue weighted by Crippen LogP contribution is 2.23. The molecule has 3 rings (SSSR count). The van der Waals surface area contributed by atoms with Crippen LogP contribution < -0.4 is 4.90 Å². The summed E-state index contributed by atoms with van der Waals surface area (Å²) in [6.45, 7) is 8.96. The van der Waals surface area contributed by atoms with Crippen molar-refractivity contribution in [3.8, 4) is 0 Å². The Kier molecular flexibility index (Phi) is 3.92. The summed E-state index contributed by atoms with van der Waals surface area (Å²) in [6.07, 6.45) is 0. The first-order valence-corrected chi connectivity index (χ1v) is 7.74. The molecule has 0 radical (unpaired) electrons. The third kappa shape index (κ3) is 2.61. The van der Waals surface area contributed by atoms with Gasteiger partial charge in [0.15, 0.2) is 0 Å². The molecule has 1 aromatic carbocycles. The van der Waals surface area contributed by atoms with Gasteiger partial charge in [0, 0.05) is 37.4 Å². The molecule has 1 saturated heterocycles. The zero-order valence-corrected chi connectivity index (χ0v) is 13.4. The molecule has 0 unspecified atom stereocenters. The number of nitrogens with zero attached hydrogens (tertiary/aromatic N) is 2. The van der Waals surface area contributed by atoms with E-state index in [1.807, 2.05) is 43.9 Å². The molecular formula is C18H22N2O2. The number of furan rings is 1. The molecule has 0 spiro atoms. The van der Waals surface area contributed by atoms with E-state index in [0.29, 0.717) is 0 Å². The summed E-state index contributed by atoms with van der Waals surface area (Å²) in [5.41, 5.74) is 2.93. The normalized spacial score (nSPS) is 15.2. The van der Waals surface area contributed by atoms with Gasteiger partial charge in [-0.2, -0.15) is 0 Å². The molecule has 0 aliphatic carbocycles. The van der Waals surface area contributed by atoms with E-state index in [9.17, 15) is 4.79 Å². The first kappa shape index (κ1) is 14.7. The van der Waals surface area contributed by atoms with Gasteiger partial charge in [0.05, 0.1) is 5.56 Å². The van der Waals surface area contributed by atoms with Crippen LogP contribution in [0.25, 0.3) is 0 Å². The lowest BCUT2D eigenvalue weighted by atomic mass is 10.1. The second kappa shape index (κ2) is 5.87. The molecule has 116 valence electrons. The Morgan fingerprint density at radius 2 is 1.59 bits per heavy atom. The molecule has 1 aliphatic heterocycles. The fourth-order valence-corrected chi connectivity index (χ4v) is 3.07. The molecule has 0 saturated carbocycles. The lowest BCUT2D eigenvalue weighted by molar-refractivity contribution is 0.0744. The number of rotatable bonds is 2. The van der Waals surface area contributed by atoms with E-state index in [2.05, 4.69) is 17.0 Å². The van der Waals surface area contributed by atoms with Crippen molar-refractivity contribution in [2.24, 2.45) is 0 Å². The van der Waals surface area contributed by atoms with E-state index in [1.54, 1.807) is 0 Å². The minimum absolute atomic E-state index is 0.0968. The number of anilines is 1. The fraction of sp³-hybridized carbons (Fsp3) is 0.389. The van der Waals surface area contributed by atoms with Crippen molar-refractivity contribution in [1.82, 2.24) is 4.90 Å². The van der Waals surface area contributed by atoms with Crippen LogP contribution in [0.2, 0.25) is 0 Å². The lowest BCUT2D eigenvalue weighted by Crippen LogP contribution is -2.49. The fourth-order valence-electron chi connectivity index (χ4n) is 3.07. The number of hydrogen-bond acceptors (Lipinski definition) is 3. The number of carbonyl (C=O) groups excluding carboxylic acids is 1. The van der Waals surface area contributed by atoms with Crippen molar-refractivity contribution < 1.29 is 9.21 Å². The Labute approximate surface area is 131 Å². The lowest BCUT2D eigenvalue weighted by Gasteiger charge is -2.36.